The van der Waals surface area contributed by atoms with Crippen molar-refractivity contribution in [3.8, 4) is 5.75 Å². The van der Waals surface area contributed by atoms with Crippen LogP contribution in [0.4, 0.5) is 5.69 Å². The number of carbonyl (C=O) groups is 1. The van der Waals surface area contributed by atoms with Crippen molar-refractivity contribution < 1.29 is 19.2 Å². The third kappa shape index (κ3) is 4.67. The maximum Gasteiger partial charge on any atom is 0.283 e. The molecule has 6 nitrogen and oxygen atoms in total. The Hall–Kier alpha value is -1.95. The third-order valence-electron chi connectivity index (χ3n) is 2.35. The Morgan fingerprint density at radius 1 is 1.37 bits per heavy atom. The molecular weight excluding hydrogens is 250 g/mol. The van der Waals surface area contributed by atoms with Gasteiger partial charge in [-0.3, -0.25) is 14.9 Å². The molecule has 1 aromatic carbocycles. The number of carbonyl (C=O) groups excluding carboxylic acids is 1. The molecule has 1 rings (SSSR count). The molecule has 0 saturated heterocycles. The molecule has 0 aliphatic carbocycles. The highest BCUT2D eigenvalue weighted by molar-refractivity contribution is 5.98. The van der Waals surface area contributed by atoms with E-state index < -0.39 is 4.92 Å². The van der Waals surface area contributed by atoms with Crippen molar-refractivity contribution in [3.05, 3.63) is 33.9 Å². The molecule has 0 aromatic heterocycles. The van der Waals surface area contributed by atoms with Gasteiger partial charge in [0.2, 0.25) is 0 Å². The van der Waals surface area contributed by atoms with E-state index in [-0.39, 0.29) is 23.1 Å². The number of hydrogen-bond acceptors (Lipinski definition) is 5. The Kier molecular flexibility index (Phi) is 5.44. The lowest BCUT2D eigenvalue weighted by Gasteiger charge is -2.09. The fourth-order valence-electron chi connectivity index (χ4n) is 1.49. The summed E-state index contributed by atoms with van der Waals surface area (Å²) >= 11 is 0. The Morgan fingerprint density at radius 2 is 2.05 bits per heavy atom. The fourth-order valence-corrected chi connectivity index (χ4v) is 1.49. The number of ether oxygens (including phenoxy) is 2. The van der Waals surface area contributed by atoms with Crippen LogP contribution in [0.5, 0.6) is 5.75 Å². The van der Waals surface area contributed by atoms with Gasteiger partial charge in [0.1, 0.15) is 12.4 Å². The number of ketones is 1. The van der Waals surface area contributed by atoms with E-state index in [2.05, 4.69) is 0 Å². The largest absolute Gasteiger partial charge is 0.491 e. The van der Waals surface area contributed by atoms with E-state index in [9.17, 15) is 14.9 Å². The van der Waals surface area contributed by atoms with Crippen LogP contribution in [0.15, 0.2) is 18.2 Å². The van der Waals surface area contributed by atoms with E-state index in [1.807, 2.05) is 13.8 Å². The summed E-state index contributed by atoms with van der Waals surface area (Å²) in [4.78, 5) is 21.5. The molecule has 0 amide bonds. The lowest BCUT2D eigenvalue weighted by molar-refractivity contribution is -0.385. The van der Waals surface area contributed by atoms with Crippen molar-refractivity contribution in [3.63, 3.8) is 0 Å². The Balaban J connectivity index is 2.73. The Labute approximate surface area is 111 Å². The van der Waals surface area contributed by atoms with Crippen LogP contribution in [0.3, 0.4) is 0 Å². The first-order valence-corrected chi connectivity index (χ1v) is 5.95. The summed E-state index contributed by atoms with van der Waals surface area (Å²) in [6.45, 7) is 5.81. The average molecular weight is 267 g/mol. The van der Waals surface area contributed by atoms with Gasteiger partial charge in [0.05, 0.1) is 29.3 Å². The van der Waals surface area contributed by atoms with Gasteiger partial charge in [0.15, 0.2) is 5.78 Å². The van der Waals surface area contributed by atoms with Crippen LogP contribution in [0.2, 0.25) is 0 Å². The number of benzene rings is 1. The number of rotatable bonds is 7. The first kappa shape index (κ1) is 15.1. The summed E-state index contributed by atoms with van der Waals surface area (Å²) in [6, 6.07) is 4.20. The first-order valence-electron chi connectivity index (χ1n) is 5.95. The molecule has 0 radical (unpaired) electrons. The second-order valence-electron chi connectivity index (χ2n) is 4.26. The number of Topliss-reactive ketones (excluding diaryl/α,β-unsaturated/α-hetero) is 1. The van der Waals surface area contributed by atoms with Crippen molar-refractivity contribution in [1.29, 1.82) is 0 Å². The maximum atomic E-state index is 11.3. The second-order valence-corrected chi connectivity index (χ2v) is 4.26. The van der Waals surface area contributed by atoms with E-state index in [1.54, 1.807) is 6.07 Å². The van der Waals surface area contributed by atoms with Gasteiger partial charge in [-0.05, 0) is 32.9 Å². The van der Waals surface area contributed by atoms with Crippen LogP contribution < -0.4 is 4.74 Å². The van der Waals surface area contributed by atoms with Gasteiger partial charge in [0.25, 0.3) is 5.69 Å². The molecule has 0 aliphatic rings. The number of nitrogens with zero attached hydrogens (tertiary/aromatic N) is 1. The SMILES string of the molecule is CC(=O)c1ccc(OCCOC(C)C)cc1[N+](=O)[O-]. The molecule has 19 heavy (non-hydrogen) atoms. The van der Waals surface area contributed by atoms with Crippen molar-refractivity contribution in [2.24, 2.45) is 0 Å². The summed E-state index contributed by atoms with van der Waals surface area (Å²) in [5.74, 6) is 0.00504. The quantitative estimate of drug-likeness (QED) is 0.328. The lowest BCUT2D eigenvalue weighted by atomic mass is 10.1. The predicted octanol–water partition coefficient (Wildman–Crippen LogP) is 2.60. The smallest absolute Gasteiger partial charge is 0.283 e. The van der Waals surface area contributed by atoms with Gasteiger partial charge in [-0.25, -0.2) is 0 Å². The monoisotopic (exact) mass is 267 g/mol. The van der Waals surface area contributed by atoms with Crippen LogP contribution in [0.25, 0.3) is 0 Å². The van der Waals surface area contributed by atoms with E-state index in [0.717, 1.165) is 0 Å². The molecular formula is C13H17NO5. The number of nitro benzene ring substituents is 1. The van der Waals surface area contributed by atoms with Crippen LogP contribution in [-0.4, -0.2) is 30.0 Å². The van der Waals surface area contributed by atoms with Crippen molar-refractivity contribution in [1.82, 2.24) is 0 Å². The highest BCUT2D eigenvalue weighted by atomic mass is 16.6. The van der Waals surface area contributed by atoms with E-state index in [4.69, 9.17) is 9.47 Å². The molecule has 0 fully saturated rings. The highest BCUT2D eigenvalue weighted by Crippen LogP contribution is 2.25. The van der Waals surface area contributed by atoms with Gasteiger partial charge in [-0.2, -0.15) is 0 Å². The zero-order valence-electron chi connectivity index (χ0n) is 11.2. The summed E-state index contributed by atoms with van der Waals surface area (Å²) in [6.07, 6.45) is 0.109. The van der Waals surface area contributed by atoms with Gasteiger partial charge < -0.3 is 9.47 Å². The van der Waals surface area contributed by atoms with Gasteiger partial charge in [-0.15, -0.1) is 0 Å². The second kappa shape index (κ2) is 6.84. The van der Waals surface area contributed by atoms with Crippen LogP contribution >= 0.6 is 0 Å². The third-order valence-corrected chi connectivity index (χ3v) is 2.35. The molecule has 0 saturated carbocycles. The minimum absolute atomic E-state index is 0.0794. The normalized spacial score (nSPS) is 10.5. The summed E-state index contributed by atoms with van der Waals surface area (Å²) in [5, 5.41) is 10.9. The topological polar surface area (TPSA) is 78.7 Å². The molecule has 0 N–H and O–H groups in total. The molecule has 0 heterocycles. The Morgan fingerprint density at radius 3 is 2.58 bits per heavy atom. The van der Waals surface area contributed by atoms with Crippen molar-refractivity contribution in [2.75, 3.05) is 13.2 Å². The van der Waals surface area contributed by atoms with Gasteiger partial charge in [0, 0.05) is 0 Å². The van der Waals surface area contributed by atoms with Crippen molar-refractivity contribution in [2.45, 2.75) is 26.9 Å². The molecule has 0 bridgehead atoms. The molecule has 6 heteroatoms. The first-order chi connectivity index (χ1) is 8.91. The fraction of sp³-hybridized carbons (Fsp3) is 0.462. The van der Waals surface area contributed by atoms with Gasteiger partial charge >= 0.3 is 0 Å². The van der Waals surface area contributed by atoms with Crippen LogP contribution in [-0.2, 0) is 4.74 Å². The number of nitro groups is 1. The summed E-state index contributed by atoms with van der Waals surface area (Å²) in [5.41, 5.74) is -0.162. The van der Waals surface area contributed by atoms with E-state index in [0.29, 0.717) is 19.0 Å². The molecule has 0 spiro atoms. The lowest BCUT2D eigenvalue weighted by Crippen LogP contribution is -2.11. The highest BCUT2D eigenvalue weighted by Gasteiger charge is 2.18. The zero-order valence-corrected chi connectivity index (χ0v) is 11.2. The molecule has 0 unspecified atom stereocenters. The van der Waals surface area contributed by atoms with E-state index in [1.165, 1.54) is 19.1 Å². The van der Waals surface area contributed by atoms with Crippen LogP contribution in [0.1, 0.15) is 31.1 Å². The molecule has 0 aliphatic heterocycles. The van der Waals surface area contributed by atoms with Gasteiger partial charge in [-0.1, -0.05) is 0 Å². The molecule has 104 valence electrons. The predicted molar refractivity (Wildman–Crippen MR) is 69.7 cm³/mol. The minimum Gasteiger partial charge on any atom is -0.491 e. The van der Waals surface area contributed by atoms with Crippen LogP contribution in [0, 0.1) is 10.1 Å². The summed E-state index contributed by atoms with van der Waals surface area (Å²) < 4.78 is 10.6. The molecule has 1 aromatic rings. The minimum atomic E-state index is -0.589. The number of hydrogen-bond donors (Lipinski definition) is 0. The van der Waals surface area contributed by atoms with E-state index >= 15 is 0 Å². The van der Waals surface area contributed by atoms with Crippen molar-refractivity contribution >= 4 is 11.5 Å². The average Bonchev–Trinajstić information content (AvgIpc) is 2.33. The summed E-state index contributed by atoms with van der Waals surface area (Å²) in [7, 11) is 0. The Bertz CT molecular complexity index is 470. The molecule has 0 atom stereocenters. The standard InChI is InChI=1S/C13H17NO5/c1-9(2)18-6-7-19-11-4-5-12(10(3)15)13(8-11)14(16)17/h4-5,8-9H,6-7H2,1-3H3. The zero-order chi connectivity index (χ0) is 14.4. The maximum absolute atomic E-state index is 11.3.